The highest BCUT2D eigenvalue weighted by atomic mass is 16.1. The van der Waals surface area contributed by atoms with Crippen LogP contribution >= 0.6 is 0 Å². The molecule has 90 valence electrons. The van der Waals surface area contributed by atoms with Crippen LogP contribution in [0.4, 0.5) is 0 Å². The highest BCUT2D eigenvalue weighted by Gasteiger charge is 2.50. The molecule has 2 nitrogen and oxygen atoms in total. The monoisotopic (exact) mass is 221 g/mol. The summed E-state index contributed by atoms with van der Waals surface area (Å²) in [4.78, 5) is 14.8. The minimum atomic E-state index is 0.415. The van der Waals surface area contributed by atoms with E-state index in [1.54, 1.807) is 0 Å². The minimum Gasteiger partial charge on any atom is -0.299 e. The Kier molecular flexibility index (Phi) is 2.78. The SMILES string of the molecule is CCC[C@@H]1[C@@H]2CC(=O)[C@@H](C2)[C@@H]2CCCCN12. The first-order valence-electron chi connectivity index (χ1n) is 7.09. The maximum Gasteiger partial charge on any atom is 0.137 e. The van der Waals surface area contributed by atoms with Crippen molar-refractivity contribution in [3.8, 4) is 0 Å². The molecule has 3 rings (SSSR count). The Hall–Kier alpha value is -0.370. The Morgan fingerprint density at radius 2 is 2.25 bits per heavy atom. The van der Waals surface area contributed by atoms with Gasteiger partial charge in [0.25, 0.3) is 0 Å². The van der Waals surface area contributed by atoms with Gasteiger partial charge in [0.1, 0.15) is 5.78 Å². The molecule has 0 unspecified atom stereocenters. The predicted octanol–water partition coefficient (Wildman–Crippen LogP) is 2.62. The van der Waals surface area contributed by atoms with Crippen molar-refractivity contribution < 1.29 is 4.79 Å². The highest BCUT2D eigenvalue weighted by molar-refractivity contribution is 5.84. The van der Waals surface area contributed by atoms with Crippen LogP contribution in [0, 0.1) is 11.8 Å². The quantitative estimate of drug-likeness (QED) is 0.714. The second-order valence-electron chi connectivity index (χ2n) is 5.93. The third-order valence-electron chi connectivity index (χ3n) is 5.04. The molecule has 2 aliphatic heterocycles. The average molecular weight is 221 g/mol. The van der Waals surface area contributed by atoms with E-state index in [4.69, 9.17) is 0 Å². The third kappa shape index (κ3) is 1.54. The van der Waals surface area contributed by atoms with Crippen LogP contribution in [0.5, 0.6) is 0 Å². The van der Waals surface area contributed by atoms with Crippen molar-refractivity contribution >= 4 is 5.78 Å². The van der Waals surface area contributed by atoms with Gasteiger partial charge in [-0.25, -0.2) is 0 Å². The van der Waals surface area contributed by atoms with Crippen LogP contribution in [0.25, 0.3) is 0 Å². The lowest BCUT2D eigenvalue weighted by molar-refractivity contribution is -0.122. The van der Waals surface area contributed by atoms with E-state index in [9.17, 15) is 4.79 Å². The van der Waals surface area contributed by atoms with Crippen LogP contribution in [0.3, 0.4) is 0 Å². The van der Waals surface area contributed by atoms with Crippen LogP contribution in [-0.2, 0) is 4.79 Å². The number of fused-ring (bicyclic) bond motifs is 4. The zero-order valence-corrected chi connectivity index (χ0v) is 10.3. The van der Waals surface area contributed by atoms with Gasteiger partial charge in [-0.1, -0.05) is 19.8 Å². The van der Waals surface area contributed by atoms with Gasteiger partial charge in [0.2, 0.25) is 0 Å². The van der Waals surface area contributed by atoms with Crippen LogP contribution in [0.2, 0.25) is 0 Å². The molecule has 1 aliphatic carbocycles. The smallest absolute Gasteiger partial charge is 0.137 e. The van der Waals surface area contributed by atoms with Crippen molar-refractivity contribution in [2.75, 3.05) is 6.54 Å². The van der Waals surface area contributed by atoms with Crippen molar-refractivity contribution in [1.29, 1.82) is 0 Å². The van der Waals surface area contributed by atoms with Gasteiger partial charge in [-0.2, -0.15) is 0 Å². The van der Waals surface area contributed by atoms with Crippen LogP contribution < -0.4 is 0 Å². The van der Waals surface area contributed by atoms with E-state index in [2.05, 4.69) is 11.8 Å². The lowest BCUT2D eigenvalue weighted by atomic mass is 9.79. The number of rotatable bonds is 2. The second kappa shape index (κ2) is 4.14. The largest absolute Gasteiger partial charge is 0.299 e. The highest BCUT2D eigenvalue weighted by Crippen LogP contribution is 2.46. The van der Waals surface area contributed by atoms with Gasteiger partial charge in [0.05, 0.1) is 0 Å². The zero-order valence-electron chi connectivity index (χ0n) is 10.3. The van der Waals surface area contributed by atoms with Gasteiger partial charge < -0.3 is 0 Å². The lowest BCUT2D eigenvalue weighted by Gasteiger charge is -2.48. The van der Waals surface area contributed by atoms with E-state index >= 15 is 0 Å². The predicted molar refractivity (Wildman–Crippen MR) is 64.3 cm³/mol. The first-order valence-corrected chi connectivity index (χ1v) is 7.09. The number of carbonyl (C=O) groups excluding carboxylic acids is 1. The van der Waals surface area contributed by atoms with Crippen molar-refractivity contribution in [2.24, 2.45) is 11.8 Å². The van der Waals surface area contributed by atoms with Crippen LogP contribution in [-0.4, -0.2) is 29.3 Å². The van der Waals surface area contributed by atoms with E-state index in [1.807, 2.05) is 0 Å². The van der Waals surface area contributed by atoms with E-state index < -0.39 is 0 Å². The van der Waals surface area contributed by atoms with Gasteiger partial charge in [-0.05, 0) is 38.1 Å². The molecular formula is C14H23NO. The molecule has 0 aromatic heterocycles. The van der Waals surface area contributed by atoms with Crippen molar-refractivity contribution in [1.82, 2.24) is 4.90 Å². The molecule has 2 saturated heterocycles. The molecule has 0 N–H and O–H groups in total. The number of piperidine rings is 2. The molecule has 2 bridgehead atoms. The van der Waals surface area contributed by atoms with Gasteiger partial charge in [-0.3, -0.25) is 9.69 Å². The van der Waals surface area contributed by atoms with Crippen LogP contribution in [0.15, 0.2) is 0 Å². The summed E-state index contributed by atoms with van der Waals surface area (Å²) in [6, 6.07) is 1.36. The first-order chi connectivity index (χ1) is 7.81. The molecule has 0 aromatic carbocycles. The van der Waals surface area contributed by atoms with Crippen molar-refractivity contribution in [2.45, 2.75) is 64.0 Å². The number of hydrogen-bond acceptors (Lipinski definition) is 2. The van der Waals surface area contributed by atoms with Crippen molar-refractivity contribution in [3.63, 3.8) is 0 Å². The van der Waals surface area contributed by atoms with E-state index in [-0.39, 0.29) is 0 Å². The van der Waals surface area contributed by atoms with Crippen molar-refractivity contribution in [3.05, 3.63) is 0 Å². The molecule has 4 atom stereocenters. The molecule has 0 radical (unpaired) electrons. The fraction of sp³-hybridized carbons (Fsp3) is 0.929. The van der Waals surface area contributed by atoms with Gasteiger partial charge in [-0.15, -0.1) is 0 Å². The molecule has 0 spiro atoms. The molecule has 2 heterocycles. The average Bonchev–Trinajstić information content (AvgIpc) is 2.64. The van der Waals surface area contributed by atoms with Gasteiger partial charge in [0, 0.05) is 24.4 Å². The van der Waals surface area contributed by atoms with E-state index in [0.29, 0.717) is 23.7 Å². The van der Waals surface area contributed by atoms with Crippen LogP contribution in [0.1, 0.15) is 51.9 Å². The molecule has 16 heavy (non-hydrogen) atoms. The number of Topliss-reactive ketones (excluding diaryl/α,β-unsaturated/α-hetero) is 1. The Morgan fingerprint density at radius 1 is 1.38 bits per heavy atom. The Labute approximate surface area is 98.4 Å². The first kappa shape index (κ1) is 10.8. The maximum absolute atomic E-state index is 12.0. The summed E-state index contributed by atoms with van der Waals surface area (Å²) >= 11 is 0. The standard InChI is InChI=1S/C14H23NO/c1-2-5-12-10-8-11(14(16)9-10)13-6-3-4-7-15(12)13/h10-13H,2-9H2,1H3/t10-,11-,12+,13-/m0/s1. The summed E-state index contributed by atoms with van der Waals surface area (Å²) in [5, 5.41) is 0. The van der Waals surface area contributed by atoms with E-state index in [0.717, 1.165) is 12.5 Å². The Bertz CT molecular complexity index is 286. The van der Waals surface area contributed by atoms with Gasteiger partial charge >= 0.3 is 0 Å². The fourth-order valence-corrected chi connectivity index (χ4v) is 4.41. The number of nitrogens with zero attached hydrogens (tertiary/aromatic N) is 1. The molecule has 3 fully saturated rings. The summed E-state index contributed by atoms with van der Waals surface area (Å²) in [6.45, 7) is 3.54. The number of carbonyl (C=O) groups is 1. The van der Waals surface area contributed by atoms with E-state index in [1.165, 1.54) is 45.1 Å². The summed E-state index contributed by atoms with van der Waals surface area (Å²) in [5.74, 6) is 1.70. The number of ketones is 1. The normalized spacial score (nSPS) is 43.4. The fourth-order valence-electron chi connectivity index (χ4n) is 4.41. The number of hydrogen-bond donors (Lipinski definition) is 0. The summed E-state index contributed by atoms with van der Waals surface area (Å²) in [7, 11) is 0. The molecular weight excluding hydrogens is 198 g/mol. The minimum absolute atomic E-state index is 0.415. The zero-order chi connectivity index (χ0) is 11.1. The Morgan fingerprint density at radius 3 is 3.06 bits per heavy atom. The summed E-state index contributed by atoms with van der Waals surface area (Å²) in [5.41, 5.74) is 0. The maximum atomic E-state index is 12.0. The molecule has 0 aromatic rings. The molecule has 0 amide bonds. The lowest BCUT2D eigenvalue weighted by Crippen LogP contribution is -2.54. The summed E-state index contributed by atoms with van der Waals surface area (Å²) in [6.07, 6.45) is 8.65. The molecule has 1 saturated carbocycles. The summed E-state index contributed by atoms with van der Waals surface area (Å²) < 4.78 is 0. The van der Waals surface area contributed by atoms with Gasteiger partial charge in [0.15, 0.2) is 0 Å². The molecule has 2 heteroatoms. The Balaban J connectivity index is 1.86. The second-order valence-corrected chi connectivity index (χ2v) is 5.93. The third-order valence-corrected chi connectivity index (χ3v) is 5.04. The molecule has 3 aliphatic rings. The topological polar surface area (TPSA) is 20.3 Å².